The van der Waals surface area contributed by atoms with Crippen molar-refractivity contribution in [3.8, 4) is 0 Å². The molecule has 2 N–H and O–H groups in total. The van der Waals surface area contributed by atoms with Gasteiger partial charge in [0.2, 0.25) is 5.91 Å². The maximum absolute atomic E-state index is 11.7. The van der Waals surface area contributed by atoms with Crippen molar-refractivity contribution in [2.75, 3.05) is 5.75 Å². The Balaban J connectivity index is 1.79. The molecule has 0 aromatic heterocycles. The number of aryl methyl sites for hydroxylation is 1. The van der Waals surface area contributed by atoms with E-state index in [9.17, 15) is 9.59 Å². The number of nitrogens with zero attached hydrogens (tertiary/aromatic N) is 1. The highest BCUT2D eigenvalue weighted by molar-refractivity contribution is 7.99. The Morgan fingerprint density at radius 3 is 2.58 bits per heavy atom. The number of carbonyl (C=O) groups is 2. The molecule has 0 bridgehead atoms. The van der Waals surface area contributed by atoms with Gasteiger partial charge in [-0.3, -0.25) is 4.79 Å². The van der Waals surface area contributed by atoms with Gasteiger partial charge in [0.25, 0.3) is 0 Å². The summed E-state index contributed by atoms with van der Waals surface area (Å²) in [6.45, 7) is 2.03. The summed E-state index contributed by atoms with van der Waals surface area (Å²) in [4.78, 5) is 23.9. The number of carbonyl (C=O) groups excluding carboxylic acids is 1. The van der Waals surface area contributed by atoms with Crippen molar-refractivity contribution < 1.29 is 14.7 Å². The maximum atomic E-state index is 11.7. The van der Waals surface area contributed by atoms with Crippen LogP contribution in [0.1, 0.15) is 27.9 Å². The number of amides is 1. The van der Waals surface area contributed by atoms with E-state index in [2.05, 4.69) is 10.5 Å². The lowest BCUT2D eigenvalue weighted by molar-refractivity contribution is -0.120. The molecule has 0 saturated heterocycles. The summed E-state index contributed by atoms with van der Waals surface area (Å²) >= 11 is 1.60. The van der Waals surface area contributed by atoms with E-state index in [1.807, 2.05) is 31.2 Å². The molecule has 0 aliphatic heterocycles. The highest BCUT2D eigenvalue weighted by atomic mass is 32.2. The van der Waals surface area contributed by atoms with E-state index in [0.29, 0.717) is 17.7 Å². The number of carboxylic acid groups (broad SMARTS) is 1. The van der Waals surface area contributed by atoms with Gasteiger partial charge in [-0.2, -0.15) is 5.10 Å². The van der Waals surface area contributed by atoms with E-state index in [-0.39, 0.29) is 11.5 Å². The molecule has 0 fully saturated rings. The van der Waals surface area contributed by atoms with Crippen molar-refractivity contribution in [1.82, 2.24) is 5.43 Å². The number of nitrogens with one attached hydrogen (secondary N) is 1. The summed E-state index contributed by atoms with van der Waals surface area (Å²) in [7, 11) is 0. The van der Waals surface area contributed by atoms with Crippen LogP contribution in [0.5, 0.6) is 0 Å². The quantitative estimate of drug-likeness (QED) is 0.460. The van der Waals surface area contributed by atoms with Gasteiger partial charge in [-0.05, 0) is 25.1 Å². The first-order chi connectivity index (χ1) is 11.6. The van der Waals surface area contributed by atoms with Crippen molar-refractivity contribution in [3.05, 3.63) is 65.2 Å². The summed E-state index contributed by atoms with van der Waals surface area (Å²) in [5.41, 5.74) is 4.21. The predicted molar refractivity (Wildman–Crippen MR) is 95.7 cm³/mol. The first-order valence-electron chi connectivity index (χ1n) is 7.40. The smallest absolute Gasteiger partial charge is 0.336 e. The van der Waals surface area contributed by atoms with Gasteiger partial charge in [0, 0.05) is 22.6 Å². The molecular weight excluding hydrogens is 324 g/mol. The average molecular weight is 342 g/mol. The van der Waals surface area contributed by atoms with Crippen LogP contribution < -0.4 is 5.43 Å². The Labute approximate surface area is 144 Å². The van der Waals surface area contributed by atoms with Crippen molar-refractivity contribution in [2.45, 2.75) is 18.2 Å². The molecule has 0 radical (unpaired) electrons. The summed E-state index contributed by atoms with van der Waals surface area (Å²) < 4.78 is 0. The van der Waals surface area contributed by atoms with Crippen LogP contribution in [0.4, 0.5) is 0 Å². The normalized spacial score (nSPS) is 10.7. The Kier molecular flexibility index (Phi) is 6.57. The number of aromatic carboxylic acids is 1. The van der Waals surface area contributed by atoms with E-state index < -0.39 is 5.97 Å². The summed E-state index contributed by atoms with van der Waals surface area (Å²) in [5.74, 6) is -0.590. The monoisotopic (exact) mass is 342 g/mol. The van der Waals surface area contributed by atoms with Crippen molar-refractivity contribution in [2.24, 2.45) is 5.10 Å². The highest BCUT2D eigenvalue weighted by Gasteiger charge is 2.07. The molecule has 0 heterocycles. The fourth-order valence-corrected chi connectivity index (χ4v) is 2.78. The van der Waals surface area contributed by atoms with E-state index >= 15 is 0 Å². The fraction of sp³-hybridized carbons (Fsp3) is 0.167. The molecule has 1 amide bonds. The standard InChI is InChI=1S/C18H18N2O3S/c1-13-6-8-15(9-7-13)24-11-10-17(21)20-19-12-14-4-2-3-5-16(14)18(22)23/h2-9,12H,10-11H2,1H3,(H,20,21)(H,22,23)/b19-12-. The van der Waals surface area contributed by atoms with Crippen molar-refractivity contribution >= 4 is 29.9 Å². The van der Waals surface area contributed by atoms with E-state index in [1.165, 1.54) is 17.8 Å². The second-order valence-electron chi connectivity index (χ2n) is 5.10. The largest absolute Gasteiger partial charge is 0.478 e. The molecule has 124 valence electrons. The second kappa shape index (κ2) is 8.88. The molecule has 0 atom stereocenters. The maximum Gasteiger partial charge on any atom is 0.336 e. The second-order valence-corrected chi connectivity index (χ2v) is 6.27. The van der Waals surface area contributed by atoms with Gasteiger partial charge >= 0.3 is 5.97 Å². The van der Waals surface area contributed by atoms with Crippen molar-refractivity contribution in [3.63, 3.8) is 0 Å². The number of hydrogen-bond donors (Lipinski definition) is 2. The molecule has 2 rings (SSSR count). The lowest BCUT2D eigenvalue weighted by atomic mass is 10.1. The first-order valence-corrected chi connectivity index (χ1v) is 8.38. The Bertz CT molecular complexity index is 742. The third-order valence-electron chi connectivity index (χ3n) is 3.20. The molecule has 0 aliphatic carbocycles. The van der Waals surface area contributed by atoms with Crippen LogP contribution in [0, 0.1) is 6.92 Å². The fourth-order valence-electron chi connectivity index (χ4n) is 1.93. The predicted octanol–water partition coefficient (Wildman–Crippen LogP) is 3.33. The van der Waals surface area contributed by atoms with Gasteiger partial charge in [-0.1, -0.05) is 35.9 Å². The Morgan fingerprint density at radius 2 is 1.88 bits per heavy atom. The molecule has 5 nitrogen and oxygen atoms in total. The molecule has 0 unspecified atom stereocenters. The number of benzene rings is 2. The Morgan fingerprint density at radius 1 is 1.17 bits per heavy atom. The van der Waals surface area contributed by atoms with Gasteiger partial charge in [0.05, 0.1) is 11.8 Å². The molecule has 0 aliphatic rings. The first kappa shape index (κ1) is 17.7. The zero-order chi connectivity index (χ0) is 17.4. The van der Waals surface area contributed by atoms with Gasteiger partial charge in [0.1, 0.15) is 0 Å². The molecule has 0 spiro atoms. The topological polar surface area (TPSA) is 78.8 Å². The minimum Gasteiger partial charge on any atom is -0.478 e. The number of rotatable bonds is 7. The average Bonchev–Trinajstić information content (AvgIpc) is 2.57. The lowest BCUT2D eigenvalue weighted by Crippen LogP contribution is -2.18. The summed E-state index contributed by atoms with van der Waals surface area (Å²) in [6.07, 6.45) is 1.67. The summed E-state index contributed by atoms with van der Waals surface area (Å²) in [5, 5.41) is 12.9. The van der Waals surface area contributed by atoms with Crippen LogP contribution in [0.15, 0.2) is 58.5 Å². The Hall–Kier alpha value is -2.60. The van der Waals surface area contributed by atoms with Crippen LogP contribution in [0.3, 0.4) is 0 Å². The number of carboxylic acids is 1. The van der Waals surface area contributed by atoms with Gasteiger partial charge in [0.15, 0.2) is 0 Å². The minimum absolute atomic E-state index is 0.144. The zero-order valence-corrected chi connectivity index (χ0v) is 14.0. The molecule has 6 heteroatoms. The molecule has 2 aromatic rings. The summed E-state index contributed by atoms with van der Waals surface area (Å²) in [6, 6.07) is 14.6. The third-order valence-corrected chi connectivity index (χ3v) is 4.22. The van der Waals surface area contributed by atoms with Crippen LogP contribution in [0.25, 0.3) is 0 Å². The molecule has 2 aromatic carbocycles. The van der Waals surface area contributed by atoms with E-state index in [0.717, 1.165) is 4.90 Å². The minimum atomic E-state index is -1.03. The van der Waals surface area contributed by atoms with Crippen LogP contribution in [-0.2, 0) is 4.79 Å². The molecule has 0 saturated carbocycles. The molecular formula is C18H18N2O3S. The van der Waals surface area contributed by atoms with Crippen molar-refractivity contribution in [1.29, 1.82) is 0 Å². The molecule has 24 heavy (non-hydrogen) atoms. The van der Waals surface area contributed by atoms with E-state index in [1.54, 1.807) is 30.0 Å². The SMILES string of the molecule is Cc1ccc(SCCC(=O)N/N=C\c2ccccc2C(=O)O)cc1. The van der Waals surface area contributed by atoms with Gasteiger partial charge in [-0.25, -0.2) is 10.2 Å². The number of thioether (sulfide) groups is 1. The lowest BCUT2D eigenvalue weighted by Gasteiger charge is -2.02. The van der Waals surface area contributed by atoms with Crippen LogP contribution in [0.2, 0.25) is 0 Å². The number of hydrogen-bond acceptors (Lipinski definition) is 4. The third kappa shape index (κ3) is 5.55. The van der Waals surface area contributed by atoms with E-state index in [4.69, 9.17) is 5.11 Å². The van der Waals surface area contributed by atoms with Crippen LogP contribution >= 0.6 is 11.8 Å². The zero-order valence-electron chi connectivity index (χ0n) is 13.2. The highest BCUT2D eigenvalue weighted by Crippen LogP contribution is 2.18. The van der Waals surface area contributed by atoms with Gasteiger partial charge < -0.3 is 5.11 Å². The van der Waals surface area contributed by atoms with Crippen LogP contribution in [-0.4, -0.2) is 29.0 Å². The number of hydrazone groups is 1. The van der Waals surface area contributed by atoms with Gasteiger partial charge in [-0.15, -0.1) is 11.8 Å².